The van der Waals surface area contributed by atoms with Crippen LogP contribution in [0.1, 0.15) is 45.1 Å². The maximum absolute atomic E-state index is 12.9. The van der Waals surface area contributed by atoms with Gasteiger partial charge in [0.1, 0.15) is 5.82 Å². The van der Waals surface area contributed by atoms with Crippen molar-refractivity contribution >= 4 is 16.8 Å². The molecule has 1 aromatic carbocycles. The fourth-order valence-electron chi connectivity index (χ4n) is 2.35. The molecule has 0 heterocycles. The summed E-state index contributed by atoms with van der Waals surface area (Å²) in [4.78, 5) is 11.8. The summed E-state index contributed by atoms with van der Waals surface area (Å²) in [7, 11) is 0. The van der Waals surface area contributed by atoms with E-state index in [0.717, 1.165) is 18.4 Å². The zero-order chi connectivity index (χ0) is 12.9. The lowest BCUT2D eigenvalue weighted by Gasteiger charge is -2.30. The monoisotopic (exact) mass is 256 g/mol. The molecular weight excluding hydrogens is 239 g/mol. The van der Waals surface area contributed by atoms with Gasteiger partial charge in [0.25, 0.3) is 0 Å². The van der Waals surface area contributed by atoms with Crippen molar-refractivity contribution in [2.24, 2.45) is 0 Å². The fraction of sp³-hybridized carbons (Fsp3) is 0.500. The van der Waals surface area contributed by atoms with Gasteiger partial charge in [0, 0.05) is 0 Å². The number of hydrogen-bond acceptors (Lipinski definition) is 1. The van der Waals surface area contributed by atoms with Crippen molar-refractivity contribution in [2.75, 3.05) is 0 Å². The highest BCUT2D eigenvalue weighted by Crippen LogP contribution is 2.36. The Labute approximate surface area is 107 Å². The molecule has 0 atom stereocenters. The number of carbonyl (C=O) groups excluding carboxylic acids is 1. The Morgan fingerprint density at radius 1 is 1.18 bits per heavy atom. The van der Waals surface area contributed by atoms with Gasteiger partial charge in [0.15, 0.2) is 0 Å². The first kappa shape index (κ1) is 14.2. The van der Waals surface area contributed by atoms with Crippen LogP contribution >= 0.6 is 11.6 Å². The minimum absolute atomic E-state index is 0.294. The van der Waals surface area contributed by atoms with E-state index in [9.17, 15) is 9.18 Å². The van der Waals surface area contributed by atoms with Crippen LogP contribution in [-0.4, -0.2) is 5.24 Å². The second kappa shape index (κ2) is 6.15. The van der Waals surface area contributed by atoms with Gasteiger partial charge in [-0.25, -0.2) is 4.39 Å². The molecule has 1 nitrogen and oxygen atoms in total. The molecule has 94 valence electrons. The molecule has 0 saturated carbocycles. The van der Waals surface area contributed by atoms with Crippen LogP contribution in [0.4, 0.5) is 4.39 Å². The van der Waals surface area contributed by atoms with E-state index in [4.69, 9.17) is 11.6 Å². The van der Waals surface area contributed by atoms with Gasteiger partial charge in [0.05, 0.1) is 5.41 Å². The van der Waals surface area contributed by atoms with Gasteiger partial charge in [0.2, 0.25) is 5.24 Å². The van der Waals surface area contributed by atoms with Crippen LogP contribution in [0.2, 0.25) is 0 Å². The maximum atomic E-state index is 12.9. The number of rotatable bonds is 6. The molecule has 0 aromatic heterocycles. The summed E-state index contributed by atoms with van der Waals surface area (Å²) >= 11 is 5.80. The number of halogens is 2. The van der Waals surface area contributed by atoms with E-state index in [1.807, 2.05) is 13.8 Å². The van der Waals surface area contributed by atoms with Gasteiger partial charge < -0.3 is 0 Å². The molecule has 0 aliphatic carbocycles. The van der Waals surface area contributed by atoms with Crippen LogP contribution < -0.4 is 0 Å². The summed E-state index contributed by atoms with van der Waals surface area (Å²) in [5, 5.41) is -0.340. The van der Waals surface area contributed by atoms with E-state index < -0.39 is 5.41 Å². The molecule has 1 rings (SSSR count). The zero-order valence-corrected chi connectivity index (χ0v) is 11.1. The summed E-state index contributed by atoms with van der Waals surface area (Å²) in [5.74, 6) is -0.294. The van der Waals surface area contributed by atoms with E-state index in [-0.39, 0.29) is 11.1 Å². The number of benzene rings is 1. The highest BCUT2D eigenvalue weighted by atomic mass is 35.5. The van der Waals surface area contributed by atoms with Gasteiger partial charge in [-0.1, -0.05) is 38.8 Å². The Bertz CT molecular complexity index is 366. The first-order valence-corrected chi connectivity index (χ1v) is 6.40. The van der Waals surface area contributed by atoms with Crippen molar-refractivity contribution in [1.29, 1.82) is 0 Å². The fourth-order valence-corrected chi connectivity index (χ4v) is 2.64. The minimum Gasteiger partial charge on any atom is -0.280 e. The molecule has 0 radical (unpaired) electrons. The van der Waals surface area contributed by atoms with E-state index in [2.05, 4.69) is 0 Å². The van der Waals surface area contributed by atoms with Crippen LogP contribution in [-0.2, 0) is 10.2 Å². The van der Waals surface area contributed by atoms with Crippen molar-refractivity contribution < 1.29 is 9.18 Å². The van der Waals surface area contributed by atoms with Crippen LogP contribution in [0.3, 0.4) is 0 Å². The highest BCUT2D eigenvalue weighted by molar-refractivity contribution is 6.65. The van der Waals surface area contributed by atoms with Crippen molar-refractivity contribution in [3.05, 3.63) is 35.6 Å². The van der Waals surface area contributed by atoms with Gasteiger partial charge in [-0.15, -0.1) is 0 Å². The first-order valence-electron chi connectivity index (χ1n) is 6.02. The lowest BCUT2D eigenvalue weighted by molar-refractivity contribution is -0.117. The summed E-state index contributed by atoms with van der Waals surface area (Å²) in [6, 6.07) is 6.10. The summed E-state index contributed by atoms with van der Waals surface area (Å²) in [5.41, 5.74) is 0.168. The maximum Gasteiger partial charge on any atom is 0.232 e. The van der Waals surface area contributed by atoms with Crippen LogP contribution in [0, 0.1) is 5.82 Å². The van der Waals surface area contributed by atoms with Gasteiger partial charge in [-0.2, -0.15) is 0 Å². The lowest BCUT2D eigenvalue weighted by atomic mass is 9.74. The molecule has 3 heteroatoms. The van der Waals surface area contributed by atoms with Gasteiger partial charge in [-0.05, 0) is 42.1 Å². The number of carbonyl (C=O) groups is 1. The third kappa shape index (κ3) is 3.06. The van der Waals surface area contributed by atoms with Gasteiger partial charge in [-0.3, -0.25) is 4.79 Å². The van der Waals surface area contributed by atoms with E-state index in [0.29, 0.717) is 12.8 Å². The molecule has 1 aromatic rings. The summed E-state index contributed by atoms with van der Waals surface area (Å²) in [6.07, 6.45) is 3.15. The van der Waals surface area contributed by atoms with E-state index >= 15 is 0 Å². The van der Waals surface area contributed by atoms with Crippen molar-refractivity contribution in [3.8, 4) is 0 Å². The van der Waals surface area contributed by atoms with Gasteiger partial charge >= 0.3 is 0 Å². The molecule has 0 aliphatic heterocycles. The predicted octanol–water partition coefficient (Wildman–Crippen LogP) is 4.43. The molecule has 17 heavy (non-hydrogen) atoms. The average molecular weight is 257 g/mol. The Morgan fingerprint density at radius 2 is 1.65 bits per heavy atom. The molecule has 0 aliphatic rings. The average Bonchev–Trinajstić information content (AvgIpc) is 2.29. The molecule has 0 unspecified atom stereocenters. The number of hydrogen-bond donors (Lipinski definition) is 0. The van der Waals surface area contributed by atoms with Crippen molar-refractivity contribution in [3.63, 3.8) is 0 Å². The van der Waals surface area contributed by atoms with Crippen molar-refractivity contribution in [2.45, 2.75) is 44.9 Å². The Morgan fingerprint density at radius 3 is 2.00 bits per heavy atom. The third-order valence-electron chi connectivity index (χ3n) is 3.13. The third-order valence-corrected chi connectivity index (χ3v) is 3.49. The standard InChI is InChI=1S/C14H18ClFO/c1-3-9-14(10-4-2,13(15)17)11-5-7-12(16)8-6-11/h5-8H,3-4,9-10H2,1-2H3. The lowest BCUT2D eigenvalue weighted by Crippen LogP contribution is -2.32. The summed E-state index contributed by atoms with van der Waals surface area (Å²) in [6.45, 7) is 4.04. The van der Waals surface area contributed by atoms with E-state index in [1.54, 1.807) is 12.1 Å². The Hall–Kier alpha value is -0.890. The minimum atomic E-state index is -0.654. The second-order valence-electron chi connectivity index (χ2n) is 4.36. The van der Waals surface area contributed by atoms with Crippen molar-refractivity contribution in [1.82, 2.24) is 0 Å². The Kier molecular flexibility index (Phi) is 5.13. The highest BCUT2D eigenvalue weighted by Gasteiger charge is 2.37. The molecule has 0 amide bonds. The topological polar surface area (TPSA) is 17.1 Å². The molecule has 0 saturated heterocycles. The van der Waals surface area contributed by atoms with E-state index in [1.165, 1.54) is 12.1 Å². The molecule has 0 spiro atoms. The van der Waals surface area contributed by atoms with Crippen LogP contribution in [0.5, 0.6) is 0 Å². The quantitative estimate of drug-likeness (QED) is 0.688. The zero-order valence-electron chi connectivity index (χ0n) is 10.3. The second-order valence-corrected chi connectivity index (χ2v) is 4.71. The summed E-state index contributed by atoms with van der Waals surface area (Å²) < 4.78 is 12.9. The smallest absolute Gasteiger partial charge is 0.232 e. The molecular formula is C14H18ClFO. The van der Waals surface area contributed by atoms with Crippen LogP contribution in [0.25, 0.3) is 0 Å². The Balaban J connectivity index is 3.19. The van der Waals surface area contributed by atoms with Crippen LogP contribution in [0.15, 0.2) is 24.3 Å². The molecule has 0 bridgehead atoms. The molecule has 0 fully saturated rings. The first-order chi connectivity index (χ1) is 8.06. The SMILES string of the molecule is CCCC(CCC)(C(=O)Cl)c1ccc(F)cc1. The normalized spacial score (nSPS) is 11.5. The molecule has 0 N–H and O–H groups in total. The largest absolute Gasteiger partial charge is 0.280 e. The predicted molar refractivity (Wildman–Crippen MR) is 68.8 cm³/mol.